The number of hydroxylamine groups is 2. The summed E-state index contributed by atoms with van der Waals surface area (Å²) in [6.07, 6.45) is 1.77. The molecule has 0 aromatic carbocycles. The molecule has 1 amide bonds. The van der Waals surface area contributed by atoms with Gasteiger partial charge < -0.3 is 5.73 Å². The summed E-state index contributed by atoms with van der Waals surface area (Å²) >= 11 is 0. The number of hydrogen-bond donors (Lipinski definition) is 1. The van der Waals surface area contributed by atoms with Crippen LogP contribution in [0.25, 0.3) is 0 Å². The minimum Gasteiger partial charge on any atom is -0.327 e. The molecule has 0 radical (unpaired) electrons. The summed E-state index contributed by atoms with van der Waals surface area (Å²) < 4.78 is 0. The molecule has 3 unspecified atom stereocenters. The third-order valence-corrected chi connectivity index (χ3v) is 4.38. The quantitative estimate of drug-likeness (QED) is 0.727. The Morgan fingerprint density at radius 1 is 1.44 bits per heavy atom. The molecule has 94 valence electrons. The highest BCUT2D eigenvalue weighted by Crippen LogP contribution is 2.44. The first-order chi connectivity index (χ1) is 7.32. The van der Waals surface area contributed by atoms with Gasteiger partial charge in [0.15, 0.2) is 0 Å². The van der Waals surface area contributed by atoms with Crippen LogP contribution < -0.4 is 5.73 Å². The van der Waals surface area contributed by atoms with Gasteiger partial charge in [0.2, 0.25) is 5.91 Å². The van der Waals surface area contributed by atoms with Gasteiger partial charge in [-0.15, -0.1) is 0 Å². The van der Waals surface area contributed by atoms with Crippen LogP contribution in [0.1, 0.15) is 33.6 Å². The molecular weight excluding hydrogens is 204 g/mol. The lowest BCUT2D eigenvalue weighted by Crippen LogP contribution is -2.51. The van der Waals surface area contributed by atoms with E-state index in [9.17, 15) is 4.79 Å². The van der Waals surface area contributed by atoms with Crippen molar-refractivity contribution in [2.75, 3.05) is 14.2 Å². The van der Waals surface area contributed by atoms with Crippen LogP contribution in [0.15, 0.2) is 0 Å². The van der Waals surface area contributed by atoms with Gasteiger partial charge in [0.25, 0.3) is 0 Å². The van der Waals surface area contributed by atoms with Gasteiger partial charge in [-0.3, -0.25) is 9.63 Å². The molecule has 1 aliphatic rings. The Bertz CT molecular complexity index is 266. The van der Waals surface area contributed by atoms with Crippen molar-refractivity contribution in [2.24, 2.45) is 23.0 Å². The molecule has 4 nitrogen and oxygen atoms in total. The van der Waals surface area contributed by atoms with Crippen LogP contribution in [0.2, 0.25) is 0 Å². The highest BCUT2D eigenvalue weighted by molar-refractivity contribution is 5.78. The van der Waals surface area contributed by atoms with E-state index < -0.39 is 0 Å². The number of amides is 1. The summed E-state index contributed by atoms with van der Waals surface area (Å²) in [5.41, 5.74) is 6.00. The maximum atomic E-state index is 12.2. The van der Waals surface area contributed by atoms with E-state index >= 15 is 0 Å². The molecule has 0 aromatic rings. The molecule has 0 heterocycles. The fourth-order valence-corrected chi connectivity index (χ4v) is 2.60. The Balaban J connectivity index is 2.85. The molecule has 4 heteroatoms. The van der Waals surface area contributed by atoms with E-state index in [1.54, 1.807) is 7.05 Å². The highest BCUT2D eigenvalue weighted by Gasteiger charge is 2.45. The van der Waals surface area contributed by atoms with Gasteiger partial charge in [-0.05, 0) is 24.2 Å². The van der Waals surface area contributed by atoms with E-state index in [0.717, 1.165) is 12.8 Å². The van der Waals surface area contributed by atoms with Gasteiger partial charge in [-0.1, -0.05) is 20.8 Å². The Hall–Kier alpha value is -0.610. The van der Waals surface area contributed by atoms with E-state index in [2.05, 4.69) is 20.8 Å². The molecule has 0 saturated heterocycles. The van der Waals surface area contributed by atoms with Gasteiger partial charge >= 0.3 is 0 Å². The Kier molecular flexibility index (Phi) is 3.97. The second kappa shape index (κ2) is 4.72. The minimum atomic E-state index is -0.0679. The summed E-state index contributed by atoms with van der Waals surface area (Å²) in [7, 11) is 3.18. The zero-order valence-electron chi connectivity index (χ0n) is 11.0. The van der Waals surface area contributed by atoms with E-state index in [-0.39, 0.29) is 23.3 Å². The highest BCUT2D eigenvalue weighted by atomic mass is 16.7. The lowest BCUT2D eigenvalue weighted by atomic mass is 9.61. The standard InChI is InChI=1S/C12H24N2O2/c1-8-10(13)7-6-9(12(8,2)3)11(15)14(4)16-5/h8-10H,6-7,13H2,1-5H3. The van der Waals surface area contributed by atoms with Crippen molar-refractivity contribution in [2.45, 2.75) is 39.7 Å². The first-order valence-electron chi connectivity index (χ1n) is 5.89. The zero-order valence-corrected chi connectivity index (χ0v) is 11.0. The first-order valence-corrected chi connectivity index (χ1v) is 5.89. The average Bonchev–Trinajstić information content (AvgIpc) is 2.24. The van der Waals surface area contributed by atoms with Gasteiger partial charge in [0, 0.05) is 19.0 Å². The molecular formula is C12H24N2O2. The first kappa shape index (κ1) is 13.5. The van der Waals surface area contributed by atoms with Gasteiger partial charge in [0.05, 0.1) is 7.11 Å². The molecule has 3 atom stereocenters. The van der Waals surface area contributed by atoms with Crippen LogP contribution in [-0.4, -0.2) is 31.2 Å². The number of nitrogens with two attached hydrogens (primary N) is 1. The molecule has 0 bridgehead atoms. The van der Waals surface area contributed by atoms with Crippen molar-refractivity contribution >= 4 is 5.91 Å². The molecule has 1 rings (SSSR count). The van der Waals surface area contributed by atoms with Crippen molar-refractivity contribution in [3.63, 3.8) is 0 Å². The largest absolute Gasteiger partial charge is 0.327 e. The molecule has 2 N–H and O–H groups in total. The van der Waals surface area contributed by atoms with Crippen LogP contribution >= 0.6 is 0 Å². The fraction of sp³-hybridized carbons (Fsp3) is 0.917. The third kappa shape index (κ3) is 2.23. The second-order valence-corrected chi connectivity index (χ2v) is 5.42. The predicted octanol–water partition coefficient (Wildman–Crippen LogP) is 1.41. The van der Waals surface area contributed by atoms with Crippen LogP contribution in [0, 0.1) is 17.3 Å². The lowest BCUT2D eigenvalue weighted by Gasteiger charge is -2.46. The Labute approximate surface area is 98.1 Å². The molecule has 0 aliphatic heterocycles. The monoisotopic (exact) mass is 228 g/mol. The van der Waals surface area contributed by atoms with Gasteiger partial charge in [-0.2, -0.15) is 0 Å². The van der Waals surface area contributed by atoms with Gasteiger partial charge in [0.1, 0.15) is 0 Å². The molecule has 1 aliphatic carbocycles. The van der Waals surface area contributed by atoms with E-state index in [1.807, 2.05) is 0 Å². The average molecular weight is 228 g/mol. The van der Waals surface area contributed by atoms with Crippen molar-refractivity contribution in [3.05, 3.63) is 0 Å². The Morgan fingerprint density at radius 2 is 2.00 bits per heavy atom. The third-order valence-electron chi connectivity index (χ3n) is 4.38. The summed E-state index contributed by atoms with van der Waals surface area (Å²) in [5.74, 6) is 0.416. The van der Waals surface area contributed by atoms with Crippen molar-refractivity contribution < 1.29 is 9.63 Å². The minimum absolute atomic E-state index is 0.00671. The zero-order chi connectivity index (χ0) is 12.5. The Morgan fingerprint density at radius 3 is 2.50 bits per heavy atom. The number of carbonyl (C=O) groups is 1. The van der Waals surface area contributed by atoms with E-state index in [0.29, 0.717) is 5.92 Å². The number of nitrogens with zero attached hydrogens (tertiary/aromatic N) is 1. The smallest absolute Gasteiger partial charge is 0.249 e. The summed E-state index contributed by atoms with van der Waals surface area (Å²) in [6.45, 7) is 6.39. The topological polar surface area (TPSA) is 55.6 Å². The maximum Gasteiger partial charge on any atom is 0.249 e. The maximum absolute atomic E-state index is 12.2. The SMILES string of the molecule is CON(C)C(=O)C1CCC(N)C(C)C1(C)C. The lowest BCUT2D eigenvalue weighted by molar-refractivity contribution is -0.180. The molecule has 1 saturated carbocycles. The summed E-state index contributed by atoms with van der Waals surface area (Å²) in [6, 6.07) is 0.201. The molecule has 16 heavy (non-hydrogen) atoms. The van der Waals surface area contributed by atoms with Crippen molar-refractivity contribution in [1.29, 1.82) is 0 Å². The van der Waals surface area contributed by atoms with Crippen molar-refractivity contribution in [1.82, 2.24) is 5.06 Å². The molecule has 0 aromatic heterocycles. The molecule has 1 fully saturated rings. The van der Waals surface area contributed by atoms with E-state index in [4.69, 9.17) is 10.6 Å². The van der Waals surface area contributed by atoms with Crippen LogP contribution in [0.5, 0.6) is 0 Å². The van der Waals surface area contributed by atoms with Crippen LogP contribution in [0.4, 0.5) is 0 Å². The van der Waals surface area contributed by atoms with Crippen LogP contribution in [0.3, 0.4) is 0 Å². The molecule has 0 spiro atoms. The van der Waals surface area contributed by atoms with Crippen molar-refractivity contribution in [3.8, 4) is 0 Å². The van der Waals surface area contributed by atoms with Crippen LogP contribution in [-0.2, 0) is 9.63 Å². The fourth-order valence-electron chi connectivity index (χ4n) is 2.60. The second-order valence-electron chi connectivity index (χ2n) is 5.42. The summed E-state index contributed by atoms with van der Waals surface area (Å²) in [4.78, 5) is 17.1. The number of rotatable bonds is 2. The van der Waals surface area contributed by atoms with Gasteiger partial charge in [-0.25, -0.2) is 5.06 Å². The van der Waals surface area contributed by atoms with E-state index in [1.165, 1.54) is 12.2 Å². The number of carbonyl (C=O) groups excluding carboxylic acids is 1. The predicted molar refractivity (Wildman–Crippen MR) is 63.4 cm³/mol. The summed E-state index contributed by atoms with van der Waals surface area (Å²) in [5, 5.41) is 1.33. The number of hydrogen-bond acceptors (Lipinski definition) is 3. The normalized spacial score (nSPS) is 33.5.